The summed E-state index contributed by atoms with van der Waals surface area (Å²) in [6.07, 6.45) is 3.16. The van der Waals surface area contributed by atoms with Crippen molar-refractivity contribution in [3.63, 3.8) is 0 Å². The van der Waals surface area contributed by atoms with Gasteiger partial charge in [-0.05, 0) is 43.2 Å². The molecule has 0 radical (unpaired) electrons. The summed E-state index contributed by atoms with van der Waals surface area (Å²) in [7, 11) is 1.78. The van der Waals surface area contributed by atoms with Crippen molar-refractivity contribution in [3.05, 3.63) is 71.5 Å². The third-order valence-corrected chi connectivity index (χ3v) is 6.64. The number of hydrogen-bond donors (Lipinski definition) is 4. The van der Waals surface area contributed by atoms with Crippen LogP contribution in [0, 0.1) is 11.7 Å². The standard InChI is InChI=1S/C27H34FN7O/c1-18(19-8-4-3-5-9-19)16-31-26-33-25(29-2)34-27(35-26)32-22-14-12-20(13-15-22)24(36)30-17-21-10-6-7-11-23(21)28/h3-11,18,20,22H,12-17H2,1-2H3,(H,30,36)(H3,29,31,32,33,34,35)/t18-,20-,22-/m0/s1. The summed E-state index contributed by atoms with van der Waals surface area (Å²) in [6.45, 7) is 3.07. The van der Waals surface area contributed by atoms with Crippen molar-refractivity contribution in [3.8, 4) is 0 Å². The average Bonchev–Trinajstić information content (AvgIpc) is 2.92. The molecule has 190 valence electrons. The highest BCUT2D eigenvalue weighted by Crippen LogP contribution is 2.27. The van der Waals surface area contributed by atoms with E-state index in [1.54, 1.807) is 25.2 Å². The van der Waals surface area contributed by atoms with Crippen molar-refractivity contribution in [2.24, 2.45) is 5.92 Å². The Labute approximate surface area is 211 Å². The summed E-state index contributed by atoms with van der Waals surface area (Å²) in [4.78, 5) is 26.1. The van der Waals surface area contributed by atoms with Crippen LogP contribution in [0.15, 0.2) is 54.6 Å². The zero-order chi connectivity index (χ0) is 25.3. The van der Waals surface area contributed by atoms with E-state index in [0.717, 1.165) is 25.7 Å². The lowest BCUT2D eigenvalue weighted by Crippen LogP contribution is -2.36. The van der Waals surface area contributed by atoms with Crippen molar-refractivity contribution in [1.29, 1.82) is 0 Å². The van der Waals surface area contributed by atoms with Gasteiger partial charge in [-0.1, -0.05) is 55.5 Å². The maximum atomic E-state index is 13.8. The highest BCUT2D eigenvalue weighted by Gasteiger charge is 2.27. The molecule has 4 N–H and O–H groups in total. The van der Waals surface area contributed by atoms with Gasteiger partial charge in [0.15, 0.2) is 0 Å². The molecule has 8 nitrogen and oxygen atoms in total. The normalized spacial score (nSPS) is 18.2. The van der Waals surface area contributed by atoms with Crippen LogP contribution in [-0.4, -0.2) is 40.5 Å². The molecule has 36 heavy (non-hydrogen) atoms. The summed E-state index contributed by atoms with van der Waals surface area (Å²) in [5.74, 6) is 1.43. The number of nitrogens with zero attached hydrogens (tertiary/aromatic N) is 3. The van der Waals surface area contributed by atoms with E-state index in [4.69, 9.17) is 0 Å². The van der Waals surface area contributed by atoms with E-state index in [0.29, 0.717) is 35.9 Å². The Hall–Kier alpha value is -3.75. The smallest absolute Gasteiger partial charge is 0.229 e. The van der Waals surface area contributed by atoms with Crippen LogP contribution in [-0.2, 0) is 11.3 Å². The SMILES string of the molecule is CNc1nc(NC[C@H](C)c2ccccc2)nc(N[C@H]2CC[C@H](C(=O)NCc3ccccc3F)CC2)n1. The number of nitrogens with one attached hydrogen (secondary N) is 4. The highest BCUT2D eigenvalue weighted by atomic mass is 19.1. The quantitative estimate of drug-likeness (QED) is 0.330. The number of halogens is 1. The second-order valence-corrected chi connectivity index (χ2v) is 9.25. The summed E-state index contributed by atoms with van der Waals surface area (Å²) < 4.78 is 13.8. The monoisotopic (exact) mass is 491 g/mol. The van der Waals surface area contributed by atoms with Crippen molar-refractivity contribution >= 4 is 23.8 Å². The van der Waals surface area contributed by atoms with Gasteiger partial charge < -0.3 is 21.3 Å². The van der Waals surface area contributed by atoms with Crippen molar-refractivity contribution in [1.82, 2.24) is 20.3 Å². The molecule has 9 heteroatoms. The van der Waals surface area contributed by atoms with Crippen LogP contribution in [0.5, 0.6) is 0 Å². The molecule has 1 fully saturated rings. The second kappa shape index (κ2) is 12.3. The number of benzene rings is 2. The van der Waals surface area contributed by atoms with Crippen molar-refractivity contribution in [2.75, 3.05) is 29.5 Å². The molecule has 0 unspecified atom stereocenters. The summed E-state index contributed by atoms with van der Waals surface area (Å²) in [6, 6.07) is 17.0. The lowest BCUT2D eigenvalue weighted by molar-refractivity contribution is -0.126. The number of rotatable bonds is 10. The van der Waals surface area contributed by atoms with Gasteiger partial charge in [0.1, 0.15) is 5.82 Å². The molecule has 1 aromatic heterocycles. The maximum absolute atomic E-state index is 13.8. The number of anilines is 3. The van der Waals surface area contributed by atoms with Crippen LogP contribution >= 0.6 is 0 Å². The van der Waals surface area contributed by atoms with Crippen molar-refractivity contribution in [2.45, 2.75) is 51.1 Å². The van der Waals surface area contributed by atoms with Gasteiger partial charge in [0, 0.05) is 37.7 Å². The number of hydrogen-bond acceptors (Lipinski definition) is 7. The van der Waals surface area contributed by atoms with E-state index in [2.05, 4.69) is 55.3 Å². The third-order valence-electron chi connectivity index (χ3n) is 6.64. The highest BCUT2D eigenvalue weighted by molar-refractivity contribution is 5.78. The number of amides is 1. The van der Waals surface area contributed by atoms with E-state index in [1.807, 2.05) is 18.2 Å². The van der Waals surface area contributed by atoms with Gasteiger partial charge in [0.25, 0.3) is 0 Å². The lowest BCUT2D eigenvalue weighted by atomic mass is 9.85. The van der Waals surface area contributed by atoms with Crippen LogP contribution in [0.4, 0.5) is 22.2 Å². The molecule has 3 aromatic rings. The molecular weight excluding hydrogens is 457 g/mol. The zero-order valence-electron chi connectivity index (χ0n) is 20.8. The Bertz CT molecular complexity index is 1140. The molecule has 0 saturated heterocycles. The molecule has 2 aromatic carbocycles. The maximum Gasteiger partial charge on any atom is 0.229 e. The Morgan fingerprint density at radius 3 is 2.33 bits per heavy atom. The molecule has 1 aliphatic rings. The number of carbonyl (C=O) groups is 1. The first-order valence-corrected chi connectivity index (χ1v) is 12.5. The van der Waals surface area contributed by atoms with E-state index in [-0.39, 0.29) is 30.2 Å². The van der Waals surface area contributed by atoms with E-state index in [9.17, 15) is 9.18 Å². The minimum Gasteiger partial charge on any atom is -0.357 e. The Morgan fingerprint density at radius 1 is 0.944 bits per heavy atom. The first-order valence-electron chi connectivity index (χ1n) is 12.5. The fourth-order valence-corrected chi connectivity index (χ4v) is 4.43. The van der Waals surface area contributed by atoms with Crippen LogP contribution < -0.4 is 21.3 Å². The molecule has 0 aliphatic heterocycles. The van der Waals surface area contributed by atoms with Gasteiger partial charge in [-0.3, -0.25) is 4.79 Å². The van der Waals surface area contributed by atoms with Gasteiger partial charge in [-0.25, -0.2) is 4.39 Å². The van der Waals surface area contributed by atoms with Crippen LogP contribution in [0.25, 0.3) is 0 Å². The van der Waals surface area contributed by atoms with Crippen molar-refractivity contribution < 1.29 is 9.18 Å². The topological polar surface area (TPSA) is 104 Å². The predicted octanol–water partition coefficient (Wildman–Crippen LogP) is 4.56. The molecule has 1 aliphatic carbocycles. The molecule has 1 saturated carbocycles. The van der Waals surface area contributed by atoms with Crippen LogP contribution in [0.2, 0.25) is 0 Å². The zero-order valence-corrected chi connectivity index (χ0v) is 20.8. The van der Waals surface area contributed by atoms with Gasteiger partial charge in [0.2, 0.25) is 23.8 Å². The van der Waals surface area contributed by atoms with Crippen LogP contribution in [0.3, 0.4) is 0 Å². The molecule has 0 bridgehead atoms. The fraction of sp³-hybridized carbons (Fsp3) is 0.407. The number of aromatic nitrogens is 3. The first-order chi connectivity index (χ1) is 17.5. The first kappa shape index (κ1) is 25.3. The predicted molar refractivity (Wildman–Crippen MR) is 140 cm³/mol. The van der Waals surface area contributed by atoms with Gasteiger partial charge in [0.05, 0.1) is 0 Å². The van der Waals surface area contributed by atoms with Crippen LogP contribution in [0.1, 0.15) is 49.7 Å². The average molecular weight is 492 g/mol. The molecule has 1 amide bonds. The summed E-state index contributed by atoms with van der Waals surface area (Å²) >= 11 is 0. The molecule has 0 spiro atoms. The summed E-state index contributed by atoms with van der Waals surface area (Å²) in [5, 5.41) is 12.6. The third kappa shape index (κ3) is 6.90. The molecular formula is C27H34FN7O. The van der Waals surface area contributed by atoms with E-state index >= 15 is 0 Å². The molecule has 1 heterocycles. The molecule has 1 atom stereocenters. The van der Waals surface area contributed by atoms with Gasteiger partial charge in [-0.2, -0.15) is 15.0 Å². The minimum atomic E-state index is -0.299. The van der Waals surface area contributed by atoms with E-state index in [1.165, 1.54) is 11.6 Å². The van der Waals surface area contributed by atoms with Gasteiger partial charge >= 0.3 is 0 Å². The number of carbonyl (C=O) groups excluding carboxylic acids is 1. The molecule has 4 rings (SSSR count). The summed E-state index contributed by atoms with van der Waals surface area (Å²) in [5.41, 5.74) is 1.75. The minimum absolute atomic E-state index is 0.0200. The largest absolute Gasteiger partial charge is 0.357 e. The van der Waals surface area contributed by atoms with Gasteiger partial charge in [-0.15, -0.1) is 0 Å². The van der Waals surface area contributed by atoms with E-state index < -0.39 is 0 Å². The Balaban J connectivity index is 1.28. The fourth-order valence-electron chi connectivity index (χ4n) is 4.43. The lowest BCUT2D eigenvalue weighted by Gasteiger charge is -2.28. The Morgan fingerprint density at radius 2 is 1.61 bits per heavy atom. The second-order valence-electron chi connectivity index (χ2n) is 9.25. The Kier molecular flexibility index (Phi) is 8.65.